The normalized spacial score (nSPS) is 16.8. The van der Waals surface area contributed by atoms with Gasteiger partial charge in [0.1, 0.15) is 0 Å². The van der Waals surface area contributed by atoms with Gasteiger partial charge in [-0.05, 0) is 45.0 Å². The van der Waals surface area contributed by atoms with Crippen LogP contribution in [0.5, 0.6) is 0 Å². The highest BCUT2D eigenvalue weighted by molar-refractivity contribution is 5.94. The highest BCUT2D eigenvalue weighted by Gasteiger charge is 2.22. The Labute approximate surface area is 103 Å². The molecule has 1 amide bonds. The molecule has 0 aromatic heterocycles. The van der Waals surface area contributed by atoms with Crippen LogP contribution in [0, 0.1) is 6.92 Å². The third-order valence-electron chi connectivity index (χ3n) is 3.48. The summed E-state index contributed by atoms with van der Waals surface area (Å²) in [6.45, 7) is 4.05. The number of hydrogen-bond donors (Lipinski definition) is 1. The van der Waals surface area contributed by atoms with Gasteiger partial charge in [-0.1, -0.05) is 17.7 Å². The minimum atomic E-state index is 0.136. The Morgan fingerprint density at radius 2 is 1.82 bits per heavy atom. The molecule has 0 spiro atoms. The Morgan fingerprint density at radius 3 is 2.41 bits per heavy atom. The van der Waals surface area contributed by atoms with Crippen LogP contribution in [0.15, 0.2) is 24.3 Å². The van der Waals surface area contributed by atoms with Gasteiger partial charge in [-0.2, -0.15) is 0 Å². The number of carbonyl (C=O) groups excluding carboxylic acids is 1. The third kappa shape index (κ3) is 2.86. The number of benzene rings is 1. The van der Waals surface area contributed by atoms with Crippen LogP contribution in [0.3, 0.4) is 0 Å². The van der Waals surface area contributed by atoms with Gasteiger partial charge in [0, 0.05) is 18.7 Å². The van der Waals surface area contributed by atoms with Gasteiger partial charge >= 0.3 is 0 Å². The number of carbonyl (C=O) groups is 1. The van der Waals surface area contributed by atoms with Crippen molar-refractivity contribution in [3.63, 3.8) is 0 Å². The minimum absolute atomic E-state index is 0.136. The lowest BCUT2D eigenvalue weighted by Crippen LogP contribution is -2.43. The topological polar surface area (TPSA) is 32.3 Å². The lowest BCUT2D eigenvalue weighted by molar-refractivity contribution is 0.0703. The SMILES string of the molecule is Cc1ccc(C(=O)N(C)C2CCNCC2)cc1. The first-order chi connectivity index (χ1) is 8.18. The van der Waals surface area contributed by atoms with Crippen LogP contribution in [0.2, 0.25) is 0 Å². The van der Waals surface area contributed by atoms with E-state index in [-0.39, 0.29) is 5.91 Å². The van der Waals surface area contributed by atoms with Crippen molar-refractivity contribution in [2.75, 3.05) is 20.1 Å². The molecular weight excluding hydrogens is 212 g/mol. The molecule has 1 heterocycles. The van der Waals surface area contributed by atoms with Crippen LogP contribution < -0.4 is 5.32 Å². The molecule has 17 heavy (non-hydrogen) atoms. The molecule has 3 heteroatoms. The summed E-state index contributed by atoms with van der Waals surface area (Å²) < 4.78 is 0. The van der Waals surface area contributed by atoms with Crippen LogP contribution in [0.25, 0.3) is 0 Å². The van der Waals surface area contributed by atoms with E-state index in [1.165, 1.54) is 5.56 Å². The summed E-state index contributed by atoms with van der Waals surface area (Å²) in [5.41, 5.74) is 1.97. The molecule has 0 unspecified atom stereocenters. The molecule has 1 saturated heterocycles. The predicted octanol–water partition coefficient (Wildman–Crippen LogP) is 1.82. The summed E-state index contributed by atoms with van der Waals surface area (Å²) in [5, 5.41) is 3.32. The highest BCUT2D eigenvalue weighted by atomic mass is 16.2. The van der Waals surface area contributed by atoms with Crippen molar-refractivity contribution in [3.05, 3.63) is 35.4 Å². The van der Waals surface area contributed by atoms with E-state index < -0.39 is 0 Å². The number of nitrogens with one attached hydrogen (secondary N) is 1. The number of nitrogens with zero attached hydrogens (tertiary/aromatic N) is 1. The second kappa shape index (κ2) is 5.32. The molecule has 0 saturated carbocycles. The van der Waals surface area contributed by atoms with Crippen LogP contribution in [0.4, 0.5) is 0 Å². The Balaban J connectivity index is 2.05. The quantitative estimate of drug-likeness (QED) is 0.843. The number of aryl methyl sites for hydroxylation is 1. The zero-order chi connectivity index (χ0) is 12.3. The van der Waals surface area contributed by atoms with E-state index in [1.54, 1.807) is 0 Å². The Hall–Kier alpha value is -1.35. The average molecular weight is 232 g/mol. The van der Waals surface area contributed by atoms with Crippen molar-refractivity contribution < 1.29 is 4.79 Å². The first-order valence-electron chi connectivity index (χ1n) is 6.23. The molecule has 1 aromatic rings. The Morgan fingerprint density at radius 1 is 1.24 bits per heavy atom. The van der Waals surface area contributed by atoms with Gasteiger partial charge < -0.3 is 10.2 Å². The molecule has 0 aliphatic carbocycles. The maximum atomic E-state index is 12.3. The van der Waals surface area contributed by atoms with Gasteiger partial charge in [-0.15, -0.1) is 0 Å². The van der Waals surface area contributed by atoms with E-state index in [9.17, 15) is 4.79 Å². The Kier molecular flexibility index (Phi) is 3.79. The lowest BCUT2D eigenvalue weighted by Gasteiger charge is -2.31. The minimum Gasteiger partial charge on any atom is -0.339 e. The molecule has 1 fully saturated rings. The summed E-state index contributed by atoms with van der Waals surface area (Å²) in [6, 6.07) is 8.18. The number of hydrogen-bond acceptors (Lipinski definition) is 2. The molecular formula is C14H20N2O. The van der Waals surface area contributed by atoms with Crippen LogP contribution >= 0.6 is 0 Å². The fourth-order valence-electron chi connectivity index (χ4n) is 2.26. The monoisotopic (exact) mass is 232 g/mol. The van der Waals surface area contributed by atoms with E-state index in [1.807, 2.05) is 43.1 Å². The zero-order valence-electron chi connectivity index (χ0n) is 10.6. The van der Waals surface area contributed by atoms with Crippen molar-refractivity contribution in [2.24, 2.45) is 0 Å². The molecule has 1 N–H and O–H groups in total. The molecule has 1 aromatic carbocycles. The van der Waals surface area contributed by atoms with Crippen LogP contribution in [-0.4, -0.2) is 37.0 Å². The second-order valence-corrected chi connectivity index (χ2v) is 4.76. The summed E-state index contributed by atoms with van der Waals surface area (Å²) >= 11 is 0. The van der Waals surface area contributed by atoms with E-state index in [2.05, 4.69) is 5.32 Å². The lowest BCUT2D eigenvalue weighted by atomic mass is 10.0. The number of amides is 1. The van der Waals surface area contributed by atoms with E-state index in [0.717, 1.165) is 31.5 Å². The Bertz CT molecular complexity index is 380. The highest BCUT2D eigenvalue weighted by Crippen LogP contribution is 2.14. The summed E-state index contributed by atoms with van der Waals surface area (Å²) in [6.07, 6.45) is 2.10. The van der Waals surface area contributed by atoms with Gasteiger partial charge in [-0.3, -0.25) is 4.79 Å². The standard InChI is InChI=1S/C14H20N2O/c1-11-3-5-12(6-4-11)14(17)16(2)13-7-9-15-10-8-13/h3-6,13,15H,7-10H2,1-2H3. The largest absolute Gasteiger partial charge is 0.339 e. The molecule has 0 radical (unpaired) electrons. The molecule has 0 bridgehead atoms. The first kappa shape index (κ1) is 12.1. The van der Waals surface area contributed by atoms with E-state index in [0.29, 0.717) is 6.04 Å². The van der Waals surface area contributed by atoms with Crippen molar-refractivity contribution >= 4 is 5.91 Å². The predicted molar refractivity (Wildman–Crippen MR) is 69.2 cm³/mol. The summed E-state index contributed by atoms with van der Waals surface area (Å²) in [4.78, 5) is 14.2. The molecule has 1 aliphatic heterocycles. The van der Waals surface area contributed by atoms with E-state index >= 15 is 0 Å². The van der Waals surface area contributed by atoms with Gasteiger partial charge in [0.25, 0.3) is 5.91 Å². The first-order valence-corrected chi connectivity index (χ1v) is 6.23. The average Bonchev–Trinajstić information content (AvgIpc) is 2.39. The van der Waals surface area contributed by atoms with Crippen molar-refractivity contribution in [2.45, 2.75) is 25.8 Å². The maximum Gasteiger partial charge on any atom is 0.253 e. The van der Waals surface area contributed by atoms with Crippen LogP contribution in [-0.2, 0) is 0 Å². The van der Waals surface area contributed by atoms with Crippen molar-refractivity contribution in [1.29, 1.82) is 0 Å². The maximum absolute atomic E-state index is 12.3. The van der Waals surface area contributed by atoms with Crippen LogP contribution in [0.1, 0.15) is 28.8 Å². The molecule has 3 nitrogen and oxygen atoms in total. The number of rotatable bonds is 2. The molecule has 1 aliphatic rings. The van der Waals surface area contributed by atoms with E-state index in [4.69, 9.17) is 0 Å². The second-order valence-electron chi connectivity index (χ2n) is 4.76. The van der Waals surface area contributed by atoms with Gasteiger partial charge in [0.2, 0.25) is 0 Å². The van der Waals surface area contributed by atoms with Crippen molar-refractivity contribution in [1.82, 2.24) is 10.2 Å². The van der Waals surface area contributed by atoms with Gasteiger partial charge in [0.05, 0.1) is 0 Å². The molecule has 92 valence electrons. The van der Waals surface area contributed by atoms with Gasteiger partial charge in [-0.25, -0.2) is 0 Å². The third-order valence-corrected chi connectivity index (χ3v) is 3.48. The summed E-state index contributed by atoms with van der Waals surface area (Å²) in [7, 11) is 1.91. The van der Waals surface area contributed by atoms with Crippen molar-refractivity contribution in [3.8, 4) is 0 Å². The van der Waals surface area contributed by atoms with Gasteiger partial charge in [0.15, 0.2) is 0 Å². The fraction of sp³-hybridized carbons (Fsp3) is 0.500. The number of piperidine rings is 1. The smallest absolute Gasteiger partial charge is 0.253 e. The zero-order valence-corrected chi connectivity index (χ0v) is 10.6. The molecule has 0 atom stereocenters. The molecule has 2 rings (SSSR count). The summed E-state index contributed by atoms with van der Waals surface area (Å²) in [5.74, 6) is 0.136. The fourth-order valence-corrected chi connectivity index (χ4v) is 2.26.